The Hall–Kier alpha value is -5.30. The minimum Gasteiger partial charge on any atom is -0.480 e. The Morgan fingerprint density at radius 2 is 1.29 bits per heavy atom. The van der Waals surface area contributed by atoms with Gasteiger partial charge in [0.2, 0.25) is 0 Å². The number of aliphatic carboxylic acids is 1. The van der Waals surface area contributed by atoms with Gasteiger partial charge in [0.25, 0.3) is 0 Å². The van der Waals surface area contributed by atoms with Crippen LogP contribution in [0.2, 0.25) is 0 Å². The van der Waals surface area contributed by atoms with Gasteiger partial charge in [-0.3, -0.25) is 9.48 Å². The second kappa shape index (κ2) is 11.1. The lowest BCUT2D eigenvalue weighted by Crippen LogP contribution is -2.36. The number of rotatable bonds is 9. The fraction of sp³-hybridized carbons (Fsp3) is 0.0882. The highest BCUT2D eigenvalue weighted by Crippen LogP contribution is 2.41. The molecule has 6 nitrogen and oxygen atoms in total. The second-order valence-corrected chi connectivity index (χ2v) is 9.85. The molecule has 0 radical (unpaired) electrons. The summed E-state index contributed by atoms with van der Waals surface area (Å²) < 4.78 is 17.0. The number of imidazole rings is 1. The lowest BCUT2D eigenvalue weighted by atomic mass is 9.77. The van der Waals surface area contributed by atoms with E-state index in [1.807, 2.05) is 66.9 Å². The predicted octanol–water partition coefficient (Wildman–Crippen LogP) is 6.40. The Balaban J connectivity index is 1.49. The SMILES string of the molecule is O=C(O)Cn1nc(-c2cn(C(c3ccccc3)(c3ccccc3)c3ccccc3)cn2)cc1Cc1ccc(F)cc1. The molecule has 1 N–H and O–H groups in total. The zero-order valence-electron chi connectivity index (χ0n) is 22.1. The molecule has 0 aliphatic heterocycles. The molecule has 0 atom stereocenters. The fourth-order valence-electron chi connectivity index (χ4n) is 5.42. The third-order valence-corrected chi connectivity index (χ3v) is 7.25. The third kappa shape index (κ3) is 5.05. The van der Waals surface area contributed by atoms with E-state index in [-0.39, 0.29) is 12.4 Å². The molecule has 0 spiro atoms. The zero-order valence-corrected chi connectivity index (χ0v) is 22.1. The van der Waals surface area contributed by atoms with Crippen LogP contribution in [0.3, 0.4) is 0 Å². The standard InChI is InChI=1S/C34H27FN4O2/c35-29-18-16-25(17-19-29)20-30-21-31(37-39(30)23-33(40)41)32-22-38(24-36-32)34(26-10-4-1-5-11-26,27-12-6-2-7-13-27)28-14-8-3-9-15-28/h1-19,21-22,24H,20,23H2,(H,40,41). The first kappa shape index (κ1) is 26.0. The van der Waals surface area contributed by atoms with Gasteiger partial charge in [-0.15, -0.1) is 0 Å². The van der Waals surface area contributed by atoms with E-state index in [9.17, 15) is 14.3 Å². The minimum absolute atomic E-state index is 0.292. The van der Waals surface area contributed by atoms with Gasteiger partial charge in [-0.1, -0.05) is 103 Å². The molecule has 0 saturated heterocycles. The Kier molecular flexibility index (Phi) is 7.00. The summed E-state index contributed by atoms with van der Waals surface area (Å²) in [5.41, 5.74) is 5.19. The molecular weight excluding hydrogens is 515 g/mol. The summed E-state index contributed by atoms with van der Waals surface area (Å²) in [7, 11) is 0. The molecule has 0 unspecified atom stereocenters. The molecule has 0 saturated carbocycles. The van der Waals surface area contributed by atoms with Crippen LogP contribution in [0.5, 0.6) is 0 Å². The number of halogens is 1. The van der Waals surface area contributed by atoms with Gasteiger partial charge in [0.15, 0.2) is 0 Å². The summed E-state index contributed by atoms with van der Waals surface area (Å²) in [4.78, 5) is 16.4. The summed E-state index contributed by atoms with van der Waals surface area (Å²) in [6, 6.07) is 38.9. The summed E-state index contributed by atoms with van der Waals surface area (Å²) in [5.74, 6) is -1.32. The number of hydrogen-bond acceptors (Lipinski definition) is 3. The van der Waals surface area contributed by atoms with Crippen molar-refractivity contribution in [1.29, 1.82) is 0 Å². The fourth-order valence-corrected chi connectivity index (χ4v) is 5.42. The molecule has 0 aliphatic carbocycles. The maximum Gasteiger partial charge on any atom is 0.325 e. The van der Waals surface area contributed by atoms with Crippen LogP contribution in [0.1, 0.15) is 27.9 Å². The molecule has 0 aliphatic rings. The van der Waals surface area contributed by atoms with Crippen LogP contribution in [0.15, 0.2) is 134 Å². The quantitative estimate of drug-likeness (QED) is 0.215. The summed E-state index contributed by atoms with van der Waals surface area (Å²) in [6.07, 6.45) is 4.17. The zero-order chi connectivity index (χ0) is 28.2. The number of hydrogen-bond donors (Lipinski definition) is 1. The van der Waals surface area contributed by atoms with Gasteiger partial charge in [0, 0.05) is 18.3 Å². The number of benzene rings is 4. The number of carboxylic acid groups (broad SMARTS) is 1. The average Bonchev–Trinajstić information content (AvgIpc) is 3.64. The third-order valence-electron chi connectivity index (χ3n) is 7.25. The van der Waals surface area contributed by atoms with Crippen LogP contribution >= 0.6 is 0 Å². The van der Waals surface area contributed by atoms with E-state index in [1.165, 1.54) is 16.8 Å². The van der Waals surface area contributed by atoms with Crippen LogP contribution < -0.4 is 0 Å². The average molecular weight is 543 g/mol. The maximum absolute atomic E-state index is 13.5. The maximum atomic E-state index is 13.5. The first-order valence-corrected chi connectivity index (χ1v) is 13.3. The van der Waals surface area contributed by atoms with Gasteiger partial charge in [-0.25, -0.2) is 9.37 Å². The summed E-state index contributed by atoms with van der Waals surface area (Å²) in [5, 5.41) is 14.2. The predicted molar refractivity (Wildman–Crippen MR) is 155 cm³/mol. The molecule has 0 bridgehead atoms. The van der Waals surface area contributed by atoms with Crippen LogP contribution in [0.25, 0.3) is 11.4 Å². The molecular formula is C34H27FN4O2. The second-order valence-electron chi connectivity index (χ2n) is 9.85. The Bertz CT molecular complexity index is 1670. The van der Waals surface area contributed by atoms with Gasteiger partial charge in [0.1, 0.15) is 29.3 Å². The van der Waals surface area contributed by atoms with Crippen molar-refractivity contribution >= 4 is 5.97 Å². The molecule has 202 valence electrons. The monoisotopic (exact) mass is 542 g/mol. The normalized spacial score (nSPS) is 11.4. The minimum atomic E-state index is -0.998. The number of carboxylic acids is 1. The van der Waals surface area contributed by atoms with E-state index >= 15 is 0 Å². The molecule has 7 heteroatoms. The summed E-state index contributed by atoms with van der Waals surface area (Å²) in [6.45, 7) is -0.292. The molecule has 4 aromatic carbocycles. The molecule has 0 amide bonds. The lowest BCUT2D eigenvalue weighted by molar-refractivity contribution is -0.137. The molecule has 0 fully saturated rings. The van der Waals surface area contributed by atoms with Crippen molar-refractivity contribution < 1.29 is 14.3 Å². The molecule has 41 heavy (non-hydrogen) atoms. The van der Waals surface area contributed by atoms with Crippen molar-refractivity contribution in [2.24, 2.45) is 0 Å². The van der Waals surface area contributed by atoms with Crippen LogP contribution in [-0.4, -0.2) is 30.4 Å². The largest absolute Gasteiger partial charge is 0.480 e. The van der Waals surface area contributed by atoms with Gasteiger partial charge < -0.3 is 9.67 Å². The van der Waals surface area contributed by atoms with Crippen molar-refractivity contribution in [3.05, 3.63) is 168 Å². The topological polar surface area (TPSA) is 72.9 Å². The smallest absolute Gasteiger partial charge is 0.325 e. The molecule has 6 aromatic rings. The first-order chi connectivity index (χ1) is 20.0. The van der Waals surface area contributed by atoms with E-state index < -0.39 is 11.5 Å². The lowest BCUT2D eigenvalue weighted by Gasteiger charge is -2.37. The van der Waals surface area contributed by atoms with Crippen molar-refractivity contribution in [2.75, 3.05) is 0 Å². The highest BCUT2D eigenvalue weighted by atomic mass is 19.1. The molecule has 6 rings (SSSR count). The van der Waals surface area contributed by atoms with Crippen molar-refractivity contribution in [2.45, 2.75) is 18.5 Å². The van der Waals surface area contributed by atoms with Gasteiger partial charge in [-0.2, -0.15) is 5.10 Å². The van der Waals surface area contributed by atoms with E-state index in [0.29, 0.717) is 23.5 Å². The number of nitrogens with zero attached hydrogens (tertiary/aromatic N) is 4. The summed E-state index contributed by atoms with van der Waals surface area (Å²) >= 11 is 0. The van der Waals surface area contributed by atoms with Crippen LogP contribution in [-0.2, 0) is 23.3 Å². The highest BCUT2D eigenvalue weighted by molar-refractivity contribution is 5.67. The Morgan fingerprint density at radius 1 is 0.756 bits per heavy atom. The van der Waals surface area contributed by atoms with Gasteiger partial charge in [-0.05, 0) is 40.5 Å². The van der Waals surface area contributed by atoms with E-state index in [2.05, 4.69) is 46.1 Å². The number of carbonyl (C=O) groups is 1. The number of aromatic nitrogens is 4. The molecule has 2 heterocycles. The van der Waals surface area contributed by atoms with Crippen LogP contribution in [0.4, 0.5) is 4.39 Å². The van der Waals surface area contributed by atoms with Crippen molar-refractivity contribution in [1.82, 2.24) is 19.3 Å². The van der Waals surface area contributed by atoms with Gasteiger partial charge >= 0.3 is 5.97 Å². The van der Waals surface area contributed by atoms with Crippen molar-refractivity contribution in [3.63, 3.8) is 0 Å². The van der Waals surface area contributed by atoms with E-state index in [0.717, 1.165) is 22.3 Å². The Labute approximate surface area is 237 Å². The van der Waals surface area contributed by atoms with Crippen LogP contribution in [0, 0.1) is 5.82 Å². The highest BCUT2D eigenvalue weighted by Gasteiger charge is 2.38. The van der Waals surface area contributed by atoms with E-state index in [1.54, 1.807) is 18.5 Å². The van der Waals surface area contributed by atoms with E-state index in [4.69, 9.17) is 4.98 Å². The molecule has 2 aromatic heterocycles. The van der Waals surface area contributed by atoms with Crippen molar-refractivity contribution in [3.8, 4) is 11.4 Å². The first-order valence-electron chi connectivity index (χ1n) is 13.3. The van der Waals surface area contributed by atoms with Gasteiger partial charge in [0.05, 0.1) is 6.33 Å². The Morgan fingerprint density at radius 3 is 1.80 bits per heavy atom.